The number of carbonyl (C=O) groups is 2. The van der Waals surface area contributed by atoms with Gasteiger partial charge in [-0.25, -0.2) is 4.79 Å². The standard InChI is InChI=1S/C14H24O9/c1-6(2)14(13(20)21)4-8(17)10(18)12(23-14)11(19)9(5-15)22-7(3)16/h6,8-12,15,17-19H,4-5H2,1-3H3,(H,20,21)/t8-,9-,10-,11-,12?,14+/m1/s1. The average molecular weight is 336 g/mol. The van der Waals surface area contributed by atoms with Gasteiger partial charge in [-0.05, 0) is 5.92 Å². The molecule has 0 aromatic carbocycles. The molecule has 0 aromatic rings. The molecule has 5 N–H and O–H groups in total. The van der Waals surface area contributed by atoms with Crippen molar-refractivity contribution in [2.75, 3.05) is 6.61 Å². The van der Waals surface area contributed by atoms with Crippen LogP contribution in [0.1, 0.15) is 27.2 Å². The fourth-order valence-electron chi connectivity index (χ4n) is 2.68. The molecule has 0 bridgehead atoms. The first-order chi connectivity index (χ1) is 10.6. The van der Waals surface area contributed by atoms with Crippen molar-refractivity contribution in [3.05, 3.63) is 0 Å². The summed E-state index contributed by atoms with van der Waals surface area (Å²) in [6, 6.07) is 0. The van der Waals surface area contributed by atoms with Crippen LogP contribution >= 0.6 is 0 Å². The molecule has 1 aliphatic rings. The summed E-state index contributed by atoms with van der Waals surface area (Å²) < 4.78 is 10.2. The van der Waals surface area contributed by atoms with E-state index in [4.69, 9.17) is 9.47 Å². The maximum absolute atomic E-state index is 11.6. The molecule has 0 aliphatic carbocycles. The lowest BCUT2D eigenvalue weighted by Gasteiger charge is -2.47. The van der Waals surface area contributed by atoms with Crippen molar-refractivity contribution in [1.82, 2.24) is 0 Å². The second kappa shape index (κ2) is 7.54. The van der Waals surface area contributed by atoms with E-state index in [1.807, 2.05) is 0 Å². The Balaban J connectivity index is 3.11. The lowest BCUT2D eigenvalue weighted by atomic mass is 9.78. The van der Waals surface area contributed by atoms with Crippen LogP contribution in [0.5, 0.6) is 0 Å². The van der Waals surface area contributed by atoms with Gasteiger partial charge in [-0.15, -0.1) is 0 Å². The van der Waals surface area contributed by atoms with Crippen molar-refractivity contribution in [1.29, 1.82) is 0 Å². The highest BCUT2D eigenvalue weighted by molar-refractivity contribution is 5.78. The summed E-state index contributed by atoms with van der Waals surface area (Å²) in [5.41, 5.74) is -1.82. The molecular weight excluding hydrogens is 312 g/mol. The highest BCUT2D eigenvalue weighted by atomic mass is 16.6. The smallest absolute Gasteiger partial charge is 0.336 e. The van der Waals surface area contributed by atoms with Gasteiger partial charge in [0.2, 0.25) is 0 Å². The van der Waals surface area contributed by atoms with Gasteiger partial charge in [0, 0.05) is 13.3 Å². The number of carboxylic acids is 1. The molecule has 134 valence electrons. The summed E-state index contributed by atoms with van der Waals surface area (Å²) in [5.74, 6) is -2.69. The minimum atomic E-state index is -1.82. The van der Waals surface area contributed by atoms with E-state index in [1.54, 1.807) is 13.8 Å². The summed E-state index contributed by atoms with van der Waals surface area (Å²) in [6.45, 7) is 3.44. The van der Waals surface area contributed by atoms with Crippen LogP contribution in [0.15, 0.2) is 0 Å². The number of carboxylic acid groups (broad SMARTS) is 1. The zero-order chi connectivity index (χ0) is 17.9. The van der Waals surface area contributed by atoms with E-state index >= 15 is 0 Å². The number of aliphatic hydroxyl groups excluding tert-OH is 4. The van der Waals surface area contributed by atoms with Gasteiger partial charge in [-0.3, -0.25) is 4.79 Å². The number of esters is 1. The highest BCUT2D eigenvalue weighted by Gasteiger charge is 2.55. The van der Waals surface area contributed by atoms with Crippen LogP contribution in [-0.2, 0) is 19.1 Å². The molecule has 1 fully saturated rings. The SMILES string of the molecule is CC(=O)O[C@H](CO)[C@@H](O)C1O[C@](C(=O)O)(C(C)C)C[C@@H](O)[C@H]1O. The molecule has 0 amide bonds. The van der Waals surface area contributed by atoms with Crippen molar-refractivity contribution < 1.29 is 44.6 Å². The van der Waals surface area contributed by atoms with E-state index in [-0.39, 0.29) is 6.42 Å². The minimum absolute atomic E-state index is 0.359. The lowest BCUT2D eigenvalue weighted by Crippen LogP contribution is -2.64. The van der Waals surface area contributed by atoms with E-state index in [2.05, 4.69) is 0 Å². The minimum Gasteiger partial charge on any atom is -0.479 e. The molecule has 0 radical (unpaired) electrons. The maximum atomic E-state index is 11.6. The van der Waals surface area contributed by atoms with E-state index in [9.17, 15) is 35.1 Å². The zero-order valence-electron chi connectivity index (χ0n) is 13.2. The van der Waals surface area contributed by atoms with Crippen molar-refractivity contribution in [2.45, 2.75) is 63.3 Å². The van der Waals surface area contributed by atoms with Crippen molar-refractivity contribution in [3.63, 3.8) is 0 Å². The normalized spacial score (nSPS) is 34.0. The van der Waals surface area contributed by atoms with Crippen molar-refractivity contribution in [3.8, 4) is 0 Å². The van der Waals surface area contributed by atoms with Gasteiger partial charge in [0.15, 0.2) is 11.7 Å². The molecule has 9 heteroatoms. The molecule has 1 saturated heterocycles. The number of hydrogen-bond donors (Lipinski definition) is 5. The molecule has 1 aliphatic heterocycles. The average Bonchev–Trinajstić information content (AvgIpc) is 2.45. The molecule has 1 rings (SSSR count). The fourth-order valence-corrected chi connectivity index (χ4v) is 2.68. The summed E-state index contributed by atoms with van der Waals surface area (Å²) in [6.07, 6.45) is -8.10. The Labute approximate surface area is 133 Å². The monoisotopic (exact) mass is 336 g/mol. The van der Waals surface area contributed by atoms with Gasteiger partial charge in [-0.2, -0.15) is 0 Å². The first-order valence-corrected chi connectivity index (χ1v) is 7.30. The van der Waals surface area contributed by atoms with Gasteiger partial charge in [0.25, 0.3) is 0 Å². The van der Waals surface area contributed by atoms with Crippen LogP contribution in [0.25, 0.3) is 0 Å². The number of hydrogen-bond acceptors (Lipinski definition) is 8. The number of aliphatic hydroxyl groups is 4. The van der Waals surface area contributed by atoms with Gasteiger partial charge in [-0.1, -0.05) is 13.8 Å². The Hall–Kier alpha value is -1.26. The summed E-state index contributed by atoms with van der Waals surface area (Å²) in [5, 5.41) is 49.0. The number of carbonyl (C=O) groups excluding carboxylic acids is 1. The van der Waals surface area contributed by atoms with Crippen LogP contribution in [0.2, 0.25) is 0 Å². The second-order valence-corrected chi connectivity index (χ2v) is 6.01. The Morgan fingerprint density at radius 3 is 2.30 bits per heavy atom. The molecule has 1 unspecified atom stereocenters. The third-order valence-corrected chi connectivity index (χ3v) is 4.10. The van der Waals surface area contributed by atoms with E-state index in [1.165, 1.54) is 0 Å². The Morgan fingerprint density at radius 2 is 1.91 bits per heavy atom. The largest absolute Gasteiger partial charge is 0.479 e. The molecule has 0 spiro atoms. The van der Waals surface area contributed by atoms with Crippen molar-refractivity contribution >= 4 is 11.9 Å². The summed E-state index contributed by atoms with van der Waals surface area (Å²) in [7, 11) is 0. The van der Waals surface area contributed by atoms with Gasteiger partial charge in [0.05, 0.1) is 12.7 Å². The third kappa shape index (κ3) is 3.99. The fraction of sp³-hybridized carbons (Fsp3) is 0.857. The quantitative estimate of drug-likeness (QED) is 0.356. The number of rotatable bonds is 6. The van der Waals surface area contributed by atoms with E-state index < -0.39 is 60.6 Å². The predicted molar refractivity (Wildman–Crippen MR) is 75.4 cm³/mol. The van der Waals surface area contributed by atoms with Gasteiger partial charge < -0.3 is 35.0 Å². The molecule has 23 heavy (non-hydrogen) atoms. The molecule has 0 saturated carbocycles. The molecule has 9 nitrogen and oxygen atoms in total. The molecule has 0 aromatic heterocycles. The van der Waals surface area contributed by atoms with Gasteiger partial charge >= 0.3 is 11.9 Å². The number of ether oxygens (including phenoxy) is 2. The Bertz CT molecular complexity index is 438. The van der Waals surface area contributed by atoms with Crippen LogP contribution in [0, 0.1) is 5.92 Å². The van der Waals surface area contributed by atoms with E-state index in [0.717, 1.165) is 6.92 Å². The number of aliphatic carboxylic acids is 1. The van der Waals surface area contributed by atoms with Crippen LogP contribution in [0.3, 0.4) is 0 Å². The Kier molecular flexibility index (Phi) is 6.49. The van der Waals surface area contributed by atoms with Crippen LogP contribution in [-0.4, -0.2) is 80.2 Å². The topological polar surface area (TPSA) is 154 Å². The Morgan fingerprint density at radius 1 is 1.35 bits per heavy atom. The third-order valence-electron chi connectivity index (χ3n) is 4.10. The maximum Gasteiger partial charge on any atom is 0.336 e. The zero-order valence-corrected chi connectivity index (χ0v) is 13.2. The first kappa shape index (κ1) is 19.8. The molecule has 1 heterocycles. The second-order valence-electron chi connectivity index (χ2n) is 6.01. The molecule has 6 atom stereocenters. The first-order valence-electron chi connectivity index (χ1n) is 7.30. The summed E-state index contributed by atoms with van der Waals surface area (Å²) >= 11 is 0. The van der Waals surface area contributed by atoms with Crippen molar-refractivity contribution in [2.24, 2.45) is 5.92 Å². The van der Waals surface area contributed by atoms with Crippen LogP contribution < -0.4 is 0 Å². The lowest BCUT2D eigenvalue weighted by molar-refractivity contribution is -0.264. The highest BCUT2D eigenvalue weighted by Crippen LogP contribution is 2.37. The summed E-state index contributed by atoms with van der Waals surface area (Å²) in [4.78, 5) is 22.6. The predicted octanol–water partition coefficient (Wildman–Crippen LogP) is -1.74. The van der Waals surface area contributed by atoms with Crippen LogP contribution in [0.4, 0.5) is 0 Å². The van der Waals surface area contributed by atoms with E-state index in [0.29, 0.717) is 0 Å². The molecular formula is C14H24O9. The van der Waals surface area contributed by atoms with Gasteiger partial charge in [0.1, 0.15) is 18.3 Å².